The van der Waals surface area contributed by atoms with Crippen molar-refractivity contribution in [2.24, 2.45) is 0 Å². The minimum Gasteiger partial charge on any atom is -0.342 e. The Morgan fingerprint density at radius 1 is 1.23 bits per heavy atom. The highest BCUT2D eigenvalue weighted by Gasteiger charge is 2.22. The monoisotopic (exact) mass is 353 g/mol. The molecule has 116 valence electrons. The van der Waals surface area contributed by atoms with E-state index in [9.17, 15) is 4.79 Å². The van der Waals surface area contributed by atoms with Gasteiger partial charge in [0, 0.05) is 18.0 Å². The number of hydrogen-bond donors (Lipinski definition) is 0. The van der Waals surface area contributed by atoms with Crippen molar-refractivity contribution < 1.29 is 4.79 Å². The minimum absolute atomic E-state index is 0.177. The average molecular weight is 354 g/mol. The van der Waals surface area contributed by atoms with Gasteiger partial charge in [-0.25, -0.2) is 9.97 Å². The zero-order valence-corrected chi connectivity index (χ0v) is 14.5. The van der Waals surface area contributed by atoms with E-state index in [1.165, 1.54) is 28.6 Å². The summed E-state index contributed by atoms with van der Waals surface area (Å²) >= 11 is 9.50. The van der Waals surface area contributed by atoms with Crippen LogP contribution in [0.2, 0.25) is 5.15 Å². The number of aromatic nitrogens is 2. The Hall–Kier alpha value is -0.850. The molecule has 1 aliphatic heterocycles. The maximum absolute atomic E-state index is 12.1. The largest absolute Gasteiger partial charge is 0.342 e. The smallest absolute Gasteiger partial charge is 0.233 e. The molecule has 4 rings (SSSR count). The van der Waals surface area contributed by atoms with E-state index in [1.807, 2.05) is 4.90 Å². The molecule has 22 heavy (non-hydrogen) atoms. The lowest BCUT2D eigenvalue weighted by Gasteiger charge is -2.14. The van der Waals surface area contributed by atoms with Gasteiger partial charge in [0.15, 0.2) is 5.16 Å². The Morgan fingerprint density at radius 3 is 2.86 bits per heavy atom. The summed E-state index contributed by atoms with van der Waals surface area (Å²) in [5.74, 6) is 0.573. The zero-order valence-electron chi connectivity index (χ0n) is 12.1. The number of carbonyl (C=O) groups excluding carboxylic acids is 1. The van der Waals surface area contributed by atoms with E-state index in [4.69, 9.17) is 11.6 Å². The van der Waals surface area contributed by atoms with Gasteiger partial charge in [0.05, 0.1) is 11.1 Å². The van der Waals surface area contributed by atoms with E-state index in [-0.39, 0.29) is 5.91 Å². The number of halogens is 1. The first-order valence-corrected chi connectivity index (χ1v) is 9.79. The predicted octanol–water partition coefficient (Wildman–Crippen LogP) is 3.55. The normalized spacial score (nSPS) is 17.4. The molecule has 2 aliphatic rings. The summed E-state index contributed by atoms with van der Waals surface area (Å²) in [6.07, 6.45) is 5.64. The summed E-state index contributed by atoms with van der Waals surface area (Å²) in [4.78, 5) is 25.4. The lowest BCUT2D eigenvalue weighted by Crippen LogP contribution is -2.29. The van der Waals surface area contributed by atoms with Crippen LogP contribution in [-0.2, 0) is 17.6 Å². The van der Waals surface area contributed by atoms with Gasteiger partial charge in [-0.15, -0.1) is 11.3 Å². The van der Waals surface area contributed by atoms with Crippen LogP contribution in [-0.4, -0.2) is 39.6 Å². The average Bonchev–Trinajstić information content (AvgIpc) is 3.20. The molecular formula is C15H16ClN3OS2. The van der Waals surface area contributed by atoms with Gasteiger partial charge in [0.25, 0.3) is 0 Å². The molecule has 1 aliphatic carbocycles. The van der Waals surface area contributed by atoms with Gasteiger partial charge < -0.3 is 4.90 Å². The van der Waals surface area contributed by atoms with Crippen molar-refractivity contribution in [3.63, 3.8) is 0 Å². The van der Waals surface area contributed by atoms with Crippen LogP contribution in [0.15, 0.2) is 5.16 Å². The molecule has 3 heterocycles. The van der Waals surface area contributed by atoms with E-state index in [0.717, 1.165) is 49.0 Å². The number of aryl methyl sites for hydroxylation is 2. The Balaban J connectivity index is 1.54. The molecule has 2 aromatic rings. The van der Waals surface area contributed by atoms with Crippen LogP contribution in [0.5, 0.6) is 0 Å². The topological polar surface area (TPSA) is 46.1 Å². The van der Waals surface area contributed by atoms with Crippen molar-refractivity contribution in [3.05, 3.63) is 15.6 Å². The quantitative estimate of drug-likeness (QED) is 0.481. The van der Waals surface area contributed by atoms with E-state index < -0.39 is 0 Å². The molecule has 1 amide bonds. The number of carbonyl (C=O) groups is 1. The molecule has 0 atom stereocenters. The molecule has 1 fully saturated rings. The molecule has 0 saturated carbocycles. The second kappa shape index (κ2) is 5.98. The molecule has 0 bridgehead atoms. The Morgan fingerprint density at radius 2 is 2.05 bits per heavy atom. The van der Waals surface area contributed by atoms with Gasteiger partial charge in [-0.05, 0) is 37.7 Å². The fraction of sp³-hybridized carbons (Fsp3) is 0.533. The number of amides is 1. The maximum Gasteiger partial charge on any atom is 0.233 e. The first-order valence-electron chi connectivity index (χ1n) is 7.61. The number of nitrogens with zero attached hydrogens (tertiary/aromatic N) is 3. The van der Waals surface area contributed by atoms with Crippen molar-refractivity contribution in [2.75, 3.05) is 18.8 Å². The van der Waals surface area contributed by atoms with Crippen molar-refractivity contribution in [2.45, 2.75) is 37.3 Å². The predicted molar refractivity (Wildman–Crippen MR) is 91.0 cm³/mol. The molecule has 0 aromatic carbocycles. The van der Waals surface area contributed by atoms with Gasteiger partial charge in [0.1, 0.15) is 9.98 Å². The van der Waals surface area contributed by atoms with Crippen LogP contribution in [0.4, 0.5) is 0 Å². The summed E-state index contributed by atoms with van der Waals surface area (Å²) in [6, 6.07) is 0. The van der Waals surface area contributed by atoms with Crippen LogP contribution in [0.25, 0.3) is 10.2 Å². The van der Waals surface area contributed by atoms with Gasteiger partial charge in [-0.3, -0.25) is 4.79 Å². The number of hydrogen-bond acceptors (Lipinski definition) is 5. The summed E-state index contributed by atoms with van der Waals surface area (Å²) in [6.45, 7) is 1.77. The molecule has 7 heteroatoms. The molecule has 0 unspecified atom stereocenters. The lowest BCUT2D eigenvalue weighted by molar-refractivity contribution is -0.127. The minimum atomic E-state index is 0.177. The van der Waals surface area contributed by atoms with Gasteiger partial charge in [0.2, 0.25) is 5.91 Å². The first-order chi connectivity index (χ1) is 10.7. The third kappa shape index (κ3) is 2.61. The molecule has 0 radical (unpaired) electrons. The standard InChI is InChI=1S/C15H16ClN3OS2/c16-13-12-9-4-3-5-10(9)22-14(12)18-15(17-13)21-8-11(20)19-6-1-2-7-19/h1-8H2. The van der Waals surface area contributed by atoms with E-state index >= 15 is 0 Å². The van der Waals surface area contributed by atoms with Gasteiger partial charge in [-0.1, -0.05) is 23.4 Å². The van der Waals surface area contributed by atoms with E-state index in [2.05, 4.69) is 9.97 Å². The Labute approximate surface area is 142 Å². The van der Waals surface area contributed by atoms with Crippen LogP contribution in [0.3, 0.4) is 0 Å². The molecule has 2 aromatic heterocycles. The summed E-state index contributed by atoms with van der Waals surface area (Å²) in [7, 11) is 0. The molecule has 0 spiro atoms. The van der Waals surface area contributed by atoms with Crippen molar-refractivity contribution in [1.29, 1.82) is 0 Å². The van der Waals surface area contributed by atoms with Crippen LogP contribution >= 0.6 is 34.7 Å². The molecular weight excluding hydrogens is 338 g/mol. The highest BCUT2D eigenvalue weighted by atomic mass is 35.5. The molecule has 0 N–H and O–H groups in total. The van der Waals surface area contributed by atoms with E-state index in [0.29, 0.717) is 16.1 Å². The van der Waals surface area contributed by atoms with Crippen molar-refractivity contribution in [3.8, 4) is 0 Å². The summed E-state index contributed by atoms with van der Waals surface area (Å²) in [5, 5.41) is 2.19. The number of fused-ring (bicyclic) bond motifs is 3. The fourth-order valence-electron chi connectivity index (χ4n) is 3.18. The summed E-state index contributed by atoms with van der Waals surface area (Å²) < 4.78 is 0. The lowest BCUT2D eigenvalue weighted by atomic mass is 10.2. The van der Waals surface area contributed by atoms with Crippen molar-refractivity contribution >= 4 is 50.8 Å². The first kappa shape index (κ1) is 14.7. The molecule has 1 saturated heterocycles. The van der Waals surface area contributed by atoms with E-state index in [1.54, 1.807) is 11.3 Å². The van der Waals surface area contributed by atoms with Crippen molar-refractivity contribution in [1.82, 2.24) is 14.9 Å². The molecule has 4 nitrogen and oxygen atoms in total. The number of rotatable bonds is 3. The Bertz CT molecular complexity index is 740. The highest BCUT2D eigenvalue weighted by Crippen LogP contribution is 2.40. The van der Waals surface area contributed by atoms with Gasteiger partial charge >= 0.3 is 0 Å². The Kier molecular flexibility index (Phi) is 4.00. The highest BCUT2D eigenvalue weighted by molar-refractivity contribution is 7.99. The third-order valence-electron chi connectivity index (χ3n) is 4.28. The van der Waals surface area contributed by atoms with Crippen LogP contribution < -0.4 is 0 Å². The third-order valence-corrected chi connectivity index (χ3v) is 6.57. The zero-order chi connectivity index (χ0) is 15.1. The number of likely N-dealkylation sites (tertiary alicyclic amines) is 1. The van der Waals surface area contributed by atoms with Gasteiger partial charge in [-0.2, -0.15) is 0 Å². The van der Waals surface area contributed by atoms with Crippen LogP contribution in [0.1, 0.15) is 29.7 Å². The maximum atomic E-state index is 12.1. The number of thiophene rings is 1. The fourth-order valence-corrected chi connectivity index (χ4v) is 5.64. The summed E-state index contributed by atoms with van der Waals surface area (Å²) in [5.41, 5.74) is 1.34. The number of thioether (sulfide) groups is 1. The second-order valence-electron chi connectivity index (χ2n) is 5.71. The second-order valence-corrected chi connectivity index (χ2v) is 8.10. The van der Waals surface area contributed by atoms with Crippen LogP contribution in [0, 0.1) is 0 Å². The SMILES string of the molecule is O=C(CSc1nc(Cl)c2c3c(sc2n1)CCC3)N1CCCC1.